The lowest BCUT2D eigenvalue weighted by Crippen LogP contribution is -2.53. The number of ether oxygens (including phenoxy) is 1. The maximum absolute atomic E-state index is 15.1. The molecule has 0 unspecified atom stereocenters. The molecule has 1 saturated heterocycles. The van der Waals surface area contributed by atoms with E-state index < -0.39 is 23.4 Å². The van der Waals surface area contributed by atoms with Gasteiger partial charge in [0, 0.05) is 12.7 Å². The van der Waals surface area contributed by atoms with Crippen LogP contribution in [0.15, 0.2) is 36.7 Å². The van der Waals surface area contributed by atoms with Crippen LogP contribution in [0.4, 0.5) is 20.7 Å². The van der Waals surface area contributed by atoms with Crippen LogP contribution in [0.5, 0.6) is 0 Å². The van der Waals surface area contributed by atoms with E-state index in [0.29, 0.717) is 30.8 Å². The number of nitrogens with one attached hydrogen (secondary N) is 1. The second-order valence-corrected chi connectivity index (χ2v) is 8.49. The maximum Gasteiger partial charge on any atom is 0.412 e. The van der Waals surface area contributed by atoms with Crippen LogP contribution >= 0.6 is 11.6 Å². The second-order valence-electron chi connectivity index (χ2n) is 8.09. The van der Waals surface area contributed by atoms with Crippen LogP contribution in [0.1, 0.15) is 34.5 Å². The van der Waals surface area contributed by atoms with E-state index in [1.165, 1.54) is 27.9 Å². The first-order chi connectivity index (χ1) is 15.8. The Morgan fingerprint density at radius 2 is 2.18 bits per heavy atom. The van der Waals surface area contributed by atoms with Crippen LogP contribution in [0.3, 0.4) is 0 Å². The fourth-order valence-corrected chi connectivity index (χ4v) is 4.69. The summed E-state index contributed by atoms with van der Waals surface area (Å²) in [7, 11) is 0. The van der Waals surface area contributed by atoms with Crippen LogP contribution in [-0.2, 0) is 10.3 Å². The summed E-state index contributed by atoms with van der Waals surface area (Å²) in [5.74, 6) is -0.909. The number of aryl methyl sites for hydroxylation is 1. The van der Waals surface area contributed by atoms with Gasteiger partial charge in [0.2, 0.25) is 0 Å². The Hall–Kier alpha value is -3.66. The first-order valence-electron chi connectivity index (χ1n) is 10.3. The minimum absolute atomic E-state index is 0.0416. The number of nitrogen functional groups attached to an aromatic ring is 1. The molecule has 170 valence electrons. The molecule has 0 saturated carbocycles. The Balaban J connectivity index is 1.50. The molecule has 11 heteroatoms. The highest BCUT2D eigenvalue weighted by Crippen LogP contribution is 2.45. The summed E-state index contributed by atoms with van der Waals surface area (Å²) in [6.45, 7) is 2.16. The molecule has 1 aromatic carbocycles. The summed E-state index contributed by atoms with van der Waals surface area (Å²) in [5, 5.41) is 6.69. The van der Waals surface area contributed by atoms with Crippen LogP contribution in [0, 0.1) is 12.7 Å². The van der Waals surface area contributed by atoms with Gasteiger partial charge in [-0.25, -0.2) is 13.9 Å². The van der Waals surface area contributed by atoms with Crippen molar-refractivity contribution in [2.75, 3.05) is 24.1 Å². The Labute approximate surface area is 193 Å². The summed E-state index contributed by atoms with van der Waals surface area (Å²) in [5.41, 5.74) is 6.89. The van der Waals surface area contributed by atoms with Crippen molar-refractivity contribution in [3.8, 4) is 5.69 Å². The minimum Gasteiger partial charge on any atom is -0.436 e. The Morgan fingerprint density at radius 1 is 1.36 bits per heavy atom. The third kappa shape index (κ3) is 3.37. The maximum atomic E-state index is 15.1. The number of carbonyl (C=O) groups is 2. The number of fused-ring (bicyclic) bond motifs is 2. The number of amides is 2. The SMILES string of the molecule is Cc1ncccc1-n1ncc(C(=O)N2CCC[C@@]3(C2)OC(=O)Nc2ccc(Cl)c(F)c23)c1N. The van der Waals surface area contributed by atoms with E-state index >= 15 is 4.39 Å². The molecule has 1 atom stereocenters. The number of rotatable bonds is 2. The van der Waals surface area contributed by atoms with Gasteiger partial charge in [0.05, 0.1) is 40.4 Å². The summed E-state index contributed by atoms with van der Waals surface area (Å²) in [4.78, 5) is 31.4. The molecular weight excluding hydrogens is 451 g/mol. The van der Waals surface area contributed by atoms with Gasteiger partial charge in [-0.3, -0.25) is 15.1 Å². The van der Waals surface area contributed by atoms with E-state index in [1.807, 2.05) is 6.92 Å². The smallest absolute Gasteiger partial charge is 0.412 e. The largest absolute Gasteiger partial charge is 0.436 e. The standard InChI is InChI=1S/C22H20ClFN6O3/c1-12-16(4-2-8-26-12)30-19(25)13(10-27-30)20(31)29-9-3-7-22(11-29)17-15(28-21(32)33-22)6-5-14(23)18(17)24/h2,4-6,8,10H,3,7,9,11,25H2,1H3,(H,28,32)/t22-/m0/s1. The molecule has 2 amide bonds. The van der Waals surface area contributed by atoms with Crippen LogP contribution in [0.2, 0.25) is 5.02 Å². The van der Waals surface area contributed by atoms with Crippen LogP contribution in [0.25, 0.3) is 5.69 Å². The summed E-state index contributed by atoms with van der Waals surface area (Å²) < 4.78 is 22.1. The number of nitrogens with two attached hydrogens (primary N) is 1. The van der Waals surface area contributed by atoms with Gasteiger partial charge in [-0.15, -0.1) is 0 Å². The Morgan fingerprint density at radius 3 is 2.97 bits per heavy atom. The van der Waals surface area contributed by atoms with Crippen LogP contribution < -0.4 is 11.1 Å². The van der Waals surface area contributed by atoms with Gasteiger partial charge in [0.25, 0.3) is 5.91 Å². The fraction of sp³-hybridized carbons (Fsp3) is 0.273. The number of nitrogens with zero attached hydrogens (tertiary/aromatic N) is 4. The van der Waals surface area contributed by atoms with Crippen molar-refractivity contribution >= 4 is 35.1 Å². The van der Waals surface area contributed by atoms with Gasteiger partial charge in [-0.2, -0.15) is 5.10 Å². The number of carbonyl (C=O) groups excluding carboxylic acids is 2. The van der Waals surface area contributed by atoms with Crippen molar-refractivity contribution in [2.45, 2.75) is 25.4 Å². The molecule has 0 radical (unpaired) electrons. The zero-order valence-corrected chi connectivity index (χ0v) is 18.4. The summed E-state index contributed by atoms with van der Waals surface area (Å²) >= 11 is 6.02. The molecule has 4 heterocycles. The zero-order valence-electron chi connectivity index (χ0n) is 17.6. The second kappa shape index (κ2) is 7.73. The first-order valence-corrected chi connectivity index (χ1v) is 10.7. The van der Waals surface area contributed by atoms with Gasteiger partial charge < -0.3 is 15.4 Å². The predicted octanol–water partition coefficient (Wildman–Crippen LogP) is 3.64. The van der Waals surface area contributed by atoms with Crippen molar-refractivity contribution in [3.05, 3.63) is 64.3 Å². The van der Waals surface area contributed by atoms with Gasteiger partial charge in [0.15, 0.2) is 11.4 Å². The highest BCUT2D eigenvalue weighted by Gasteiger charge is 2.48. The lowest BCUT2D eigenvalue weighted by molar-refractivity contribution is -0.0418. The number of aromatic nitrogens is 3. The molecule has 3 aromatic rings. The number of hydrogen-bond donors (Lipinski definition) is 2. The third-order valence-corrected chi connectivity index (χ3v) is 6.35. The van der Waals surface area contributed by atoms with E-state index in [9.17, 15) is 9.59 Å². The zero-order chi connectivity index (χ0) is 23.3. The Kier molecular flexibility index (Phi) is 4.97. The molecule has 1 spiro atoms. The van der Waals surface area contributed by atoms with Crippen LogP contribution in [-0.4, -0.2) is 44.8 Å². The summed E-state index contributed by atoms with van der Waals surface area (Å²) in [6.07, 6.45) is 3.17. The minimum atomic E-state index is -1.36. The van der Waals surface area contributed by atoms with E-state index in [1.54, 1.807) is 18.3 Å². The normalized spacial score (nSPS) is 19.7. The highest BCUT2D eigenvalue weighted by atomic mass is 35.5. The number of pyridine rings is 1. The van der Waals surface area contributed by atoms with Gasteiger partial charge >= 0.3 is 6.09 Å². The van der Waals surface area contributed by atoms with Gasteiger partial charge in [0.1, 0.15) is 11.4 Å². The average Bonchev–Trinajstić information content (AvgIpc) is 3.17. The predicted molar refractivity (Wildman–Crippen MR) is 119 cm³/mol. The first kappa shape index (κ1) is 21.2. The molecule has 1 fully saturated rings. The molecule has 33 heavy (non-hydrogen) atoms. The summed E-state index contributed by atoms with van der Waals surface area (Å²) in [6, 6.07) is 6.45. The molecule has 0 bridgehead atoms. The van der Waals surface area contributed by atoms with Gasteiger partial charge in [-0.1, -0.05) is 11.6 Å². The fourth-order valence-electron chi connectivity index (χ4n) is 4.53. The third-order valence-electron chi connectivity index (χ3n) is 6.06. The van der Waals surface area contributed by atoms with Crippen molar-refractivity contribution in [2.24, 2.45) is 0 Å². The highest BCUT2D eigenvalue weighted by molar-refractivity contribution is 6.31. The van der Waals surface area contributed by atoms with Crippen molar-refractivity contribution in [1.29, 1.82) is 0 Å². The lowest BCUT2D eigenvalue weighted by atomic mass is 9.83. The quantitative estimate of drug-likeness (QED) is 0.590. The monoisotopic (exact) mass is 470 g/mol. The van der Waals surface area contributed by atoms with Gasteiger partial charge in [-0.05, 0) is 44.0 Å². The molecule has 3 N–H and O–H groups in total. The molecule has 2 aliphatic rings. The molecular formula is C22H20ClFN6O3. The molecule has 2 aliphatic heterocycles. The van der Waals surface area contributed by atoms with E-state index in [-0.39, 0.29) is 34.2 Å². The number of benzene rings is 1. The molecule has 5 rings (SSSR count). The lowest BCUT2D eigenvalue weighted by Gasteiger charge is -2.45. The van der Waals surface area contributed by atoms with Crippen molar-refractivity contribution < 1.29 is 18.7 Å². The topological polar surface area (TPSA) is 115 Å². The van der Waals surface area contributed by atoms with E-state index in [4.69, 9.17) is 22.1 Å². The molecule has 2 aromatic heterocycles. The number of likely N-dealkylation sites (tertiary alicyclic amines) is 1. The Bertz CT molecular complexity index is 1300. The average molecular weight is 471 g/mol. The van der Waals surface area contributed by atoms with Crippen molar-refractivity contribution in [3.63, 3.8) is 0 Å². The number of piperidine rings is 1. The van der Waals surface area contributed by atoms with E-state index in [2.05, 4.69) is 15.4 Å². The molecule has 9 nitrogen and oxygen atoms in total. The van der Waals surface area contributed by atoms with E-state index in [0.717, 1.165) is 0 Å². The van der Waals surface area contributed by atoms with Crippen molar-refractivity contribution in [1.82, 2.24) is 19.7 Å². The molecule has 0 aliphatic carbocycles. The number of anilines is 2. The number of halogens is 2. The number of hydrogen-bond acceptors (Lipinski definition) is 6.